The Morgan fingerprint density at radius 2 is 1.97 bits per heavy atom. The predicted octanol–water partition coefficient (Wildman–Crippen LogP) is 2.83. The Morgan fingerprint density at radius 3 is 2.66 bits per heavy atom. The lowest BCUT2D eigenvalue weighted by molar-refractivity contribution is -0.134. The topological polar surface area (TPSA) is 88.2 Å². The molecule has 2 saturated heterocycles. The molecule has 0 saturated carbocycles. The number of benzene rings is 2. The number of ether oxygens (including phenoxy) is 2. The molecule has 1 N–H and O–H groups in total. The number of hydrogen-bond acceptors (Lipinski definition) is 5. The summed E-state index contributed by atoms with van der Waals surface area (Å²) in [7, 11) is -2.62. The highest BCUT2D eigenvalue weighted by Gasteiger charge is 2.57. The van der Waals surface area contributed by atoms with Crippen molar-refractivity contribution in [1.82, 2.24) is 9.21 Å². The van der Waals surface area contributed by atoms with Crippen molar-refractivity contribution in [3.63, 3.8) is 0 Å². The molecule has 2 unspecified atom stereocenters. The molecule has 2 fully saturated rings. The third kappa shape index (κ3) is 4.03. The zero-order valence-corrected chi connectivity index (χ0v) is 18.1. The summed E-state index contributed by atoms with van der Waals surface area (Å²) in [6, 6.07) is 10.6. The molecule has 1 spiro atoms. The van der Waals surface area contributed by atoms with E-state index in [0.717, 1.165) is 28.6 Å². The fraction of sp³-hybridized carbons (Fsp3) is 0.381. The molecule has 4 rings (SSSR count). The van der Waals surface area contributed by atoms with E-state index in [9.17, 15) is 17.6 Å². The number of nitrogens with zero attached hydrogens (tertiary/aromatic N) is 2. The Kier molecular flexibility index (Phi) is 6.06. The lowest BCUT2D eigenvalue weighted by Crippen LogP contribution is -2.63. The third-order valence-corrected chi connectivity index (χ3v) is 7.63. The number of likely N-dealkylation sites (tertiary alicyclic amines) is 1. The SMILES string of the molecule is COc1cccc(NC(=O)N2CCC3(OCCN3S(=O)(=O)c3ccc(F)cc3)C(F)C2)c1. The molecule has 11 heteroatoms. The van der Waals surface area contributed by atoms with Crippen LogP contribution in [-0.2, 0) is 14.8 Å². The quantitative estimate of drug-likeness (QED) is 0.747. The summed E-state index contributed by atoms with van der Waals surface area (Å²) in [6.45, 7) is -0.260. The van der Waals surface area contributed by atoms with Gasteiger partial charge in [0.2, 0.25) is 10.0 Å². The number of urea groups is 1. The minimum Gasteiger partial charge on any atom is -0.497 e. The number of anilines is 1. The van der Waals surface area contributed by atoms with E-state index in [-0.39, 0.29) is 37.6 Å². The second-order valence-corrected chi connectivity index (χ2v) is 9.41. The van der Waals surface area contributed by atoms with Gasteiger partial charge in [-0.15, -0.1) is 0 Å². The fourth-order valence-corrected chi connectivity index (χ4v) is 5.75. The molecule has 172 valence electrons. The van der Waals surface area contributed by atoms with Crippen LogP contribution in [-0.4, -0.2) is 68.9 Å². The first-order valence-electron chi connectivity index (χ1n) is 10.0. The van der Waals surface area contributed by atoms with Crippen LogP contribution in [0.2, 0.25) is 0 Å². The number of methoxy groups -OCH3 is 1. The van der Waals surface area contributed by atoms with Crippen molar-refractivity contribution in [2.75, 3.05) is 38.7 Å². The Hall–Kier alpha value is -2.76. The molecular formula is C21H23F2N3O5S. The molecule has 0 aliphatic carbocycles. The number of halogens is 2. The minimum absolute atomic E-state index is 0.0247. The number of rotatable bonds is 4. The van der Waals surface area contributed by atoms with Crippen molar-refractivity contribution in [3.8, 4) is 5.75 Å². The average Bonchev–Trinajstić information content (AvgIpc) is 3.21. The summed E-state index contributed by atoms with van der Waals surface area (Å²) in [5, 5.41) is 2.69. The number of amides is 2. The molecule has 2 atom stereocenters. The van der Waals surface area contributed by atoms with Crippen LogP contribution in [0.25, 0.3) is 0 Å². The smallest absolute Gasteiger partial charge is 0.321 e. The standard InChI is InChI=1S/C21H23F2N3O5S/c1-30-17-4-2-3-16(13-17)24-20(27)25-10-9-21(19(23)14-25)26(11-12-31-21)32(28,29)18-7-5-15(22)6-8-18/h2-8,13,19H,9-12,14H2,1H3,(H,24,27). The third-order valence-electron chi connectivity index (χ3n) is 5.69. The Balaban J connectivity index is 1.50. The van der Waals surface area contributed by atoms with Gasteiger partial charge >= 0.3 is 6.03 Å². The second-order valence-electron chi connectivity index (χ2n) is 7.55. The van der Waals surface area contributed by atoms with Crippen molar-refractivity contribution < 1.29 is 31.5 Å². The lowest BCUT2D eigenvalue weighted by atomic mass is 9.99. The average molecular weight is 467 g/mol. The van der Waals surface area contributed by atoms with E-state index in [1.807, 2.05) is 0 Å². The Morgan fingerprint density at radius 1 is 1.22 bits per heavy atom. The fourth-order valence-electron chi connectivity index (χ4n) is 4.03. The zero-order valence-electron chi connectivity index (χ0n) is 17.3. The maximum Gasteiger partial charge on any atom is 0.321 e. The molecule has 2 aliphatic rings. The number of alkyl halides is 1. The van der Waals surface area contributed by atoms with Gasteiger partial charge in [-0.25, -0.2) is 22.0 Å². The molecule has 0 radical (unpaired) electrons. The van der Waals surface area contributed by atoms with Crippen LogP contribution in [0.15, 0.2) is 53.4 Å². The first-order valence-corrected chi connectivity index (χ1v) is 11.5. The normalized spacial score (nSPS) is 24.0. The zero-order chi connectivity index (χ0) is 22.9. The van der Waals surface area contributed by atoms with E-state index in [0.29, 0.717) is 11.4 Å². The van der Waals surface area contributed by atoms with Gasteiger partial charge in [0.25, 0.3) is 0 Å². The van der Waals surface area contributed by atoms with E-state index in [1.54, 1.807) is 24.3 Å². The summed E-state index contributed by atoms with van der Waals surface area (Å²) in [5.74, 6) is -0.0141. The van der Waals surface area contributed by atoms with Crippen LogP contribution in [0.3, 0.4) is 0 Å². The summed E-state index contributed by atoms with van der Waals surface area (Å²) in [4.78, 5) is 13.8. The van der Waals surface area contributed by atoms with E-state index in [4.69, 9.17) is 9.47 Å². The minimum atomic E-state index is -4.12. The van der Waals surface area contributed by atoms with E-state index >= 15 is 4.39 Å². The molecule has 0 aromatic heterocycles. The summed E-state index contributed by atoms with van der Waals surface area (Å²) < 4.78 is 66.7. The molecular weight excluding hydrogens is 444 g/mol. The van der Waals surface area contributed by atoms with E-state index in [2.05, 4.69) is 5.32 Å². The summed E-state index contributed by atoms with van der Waals surface area (Å²) in [6.07, 6.45) is -1.81. The van der Waals surface area contributed by atoms with Gasteiger partial charge in [-0.05, 0) is 36.4 Å². The van der Waals surface area contributed by atoms with Gasteiger partial charge in [0.05, 0.1) is 25.2 Å². The Labute approximate surface area is 184 Å². The van der Waals surface area contributed by atoms with Crippen molar-refractivity contribution in [3.05, 3.63) is 54.3 Å². The predicted molar refractivity (Wildman–Crippen MR) is 112 cm³/mol. The number of hydrogen-bond donors (Lipinski definition) is 1. The largest absolute Gasteiger partial charge is 0.497 e. The van der Waals surface area contributed by atoms with E-state index in [1.165, 1.54) is 12.0 Å². The first-order chi connectivity index (χ1) is 15.3. The number of piperidine rings is 1. The highest BCUT2D eigenvalue weighted by Crippen LogP contribution is 2.40. The second kappa shape index (κ2) is 8.64. The van der Waals surface area contributed by atoms with Gasteiger partial charge in [0, 0.05) is 31.3 Å². The monoisotopic (exact) mass is 467 g/mol. The molecule has 2 amide bonds. The number of carbonyl (C=O) groups excluding carboxylic acids is 1. The van der Waals surface area contributed by atoms with Crippen LogP contribution in [0.5, 0.6) is 5.75 Å². The van der Waals surface area contributed by atoms with Gasteiger partial charge in [0.1, 0.15) is 11.6 Å². The highest BCUT2D eigenvalue weighted by molar-refractivity contribution is 7.89. The van der Waals surface area contributed by atoms with Crippen LogP contribution in [0, 0.1) is 5.82 Å². The van der Waals surface area contributed by atoms with Gasteiger partial charge < -0.3 is 19.7 Å². The maximum absolute atomic E-state index is 15.4. The molecule has 2 heterocycles. The molecule has 32 heavy (non-hydrogen) atoms. The van der Waals surface area contributed by atoms with Crippen molar-refractivity contribution >= 4 is 21.7 Å². The van der Waals surface area contributed by atoms with Gasteiger partial charge in [-0.3, -0.25) is 0 Å². The van der Waals surface area contributed by atoms with Crippen LogP contribution in [0.1, 0.15) is 6.42 Å². The highest BCUT2D eigenvalue weighted by atomic mass is 32.2. The van der Waals surface area contributed by atoms with Gasteiger partial charge in [-0.1, -0.05) is 6.07 Å². The molecule has 2 aromatic rings. The Bertz CT molecular complexity index is 1100. The van der Waals surface area contributed by atoms with Crippen LogP contribution in [0.4, 0.5) is 19.3 Å². The number of nitrogens with one attached hydrogen (secondary N) is 1. The molecule has 2 aliphatic heterocycles. The van der Waals surface area contributed by atoms with Gasteiger partial charge in [0.15, 0.2) is 11.9 Å². The summed E-state index contributed by atoms with van der Waals surface area (Å²) in [5.41, 5.74) is -1.22. The van der Waals surface area contributed by atoms with Crippen molar-refractivity contribution in [1.29, 1.82) is 0 Å². The van der Waals surface area contributed by atoms with Gasteiger partial charge in [-0.2, -0.15) is 4.31 Å². The summed E-state index contributed by atoms with van der Waals surface area (Å²) >= 11 is 0. The molecule has 0 bridgehead atoms. The van der Waals surface area contributed by atoms with E-state index < -0.39 is 33.8 Å². The number of sulfonamides is 1. The first kappa shape index (κ1) is 22.4. The molecule has 8 nitrogen and oxygen atoms in total. The maximum atomic E-state index is 15.4. The van der Waals surface area contributed by atoms with Crippen molar-refractivity contribution in [2.24, 2.45) is 0 Å². The van der Waals surface area contributed by atoms with Crippen LogP contribution < -0.4 is 10.1 Å². The lowest BCUT2D eigenvalue weighted by Gasteiger charge is -2.44. The molecule has 2 aromatic carbocycles. The van der Waals surface area contributed by atoms with Crippen LogP contribution >= 0.6 is 0 Å². The van der Waals surface area contributed by atoms with Crippen molar-refractivity contribution in [2.45, 2.75) is 23.2 Å². The number of carbonyl (C=O) groups is 1.